The maximum absolute atomic E-state index is 12.6. The van der Waals surface area contributed by atoms with Crippen LogP contribution >= 0.6 is 0 Å². The Morgan fingerprint density at radius 2 is 1.83 bits per heavy atom. The molecule has 1 aromatic rings. The fourth-order valence-corrected chi connectivity index (χ4v) is 4.21. The van der Waals surface area contributed by atoms with Gasteiger partial charge in [0.25, 0.3) is 0 Å². The molecule has 8 nitrogen and oxygen atoms in total. The summed E-state index contributed by atoms with van der Waals surface area (Å²) in [7, 11) is -1.53. The van der Waals surface area contributed by atoms with Crippen molar-refractivity contribution in [3.63, 3.8) is 0 Å². The first-order chi connectivity index (χ1) is 14.0. The molecule has 4 N–H and O–H groups in total. The van der Waals surface area contributed by atoms with E-state index in [1.54, 1.807) is 4.90 Å². The lowest BCUT2D eigenvalue weighted by molar-refractivity contribution is -0.133. The van der Waals surface area contributed by atoms with Gasteiger partial charge in [-0.25, -0.2) is 4.79 Å². The van der Waals surface area contributed by atoms with Crippen LogP contribution in [-0.2, 0) is 16.1 Å². The molecular weight excluding hydrogens is 373 g/mol. The summed E-state index contributed by atoms with van der Waals surface area (Å²) in [6.45, 7) is 1.94. The van der Waals surface area contributed by atoms with Crippen LogP contribution in [0.3, 0.4) is 0 Å². The molecule has 2 heterocycles. The summed E-state index contributed by atoms with van der Waals surface area (Å²) in [6, 6.07) is 8.91. The Hall–Kier alpha value is -2.10. The van der Waals surface area contributed by atoms with Gasteiger partial charge >= 0.3 is 13.2 Å². The molecule has 3 rings (SSSR count). The third kappa shape index (κ3) is 5.71. The lowest BCUT2D eigenvalue weighted by atomic mass is 9.77. The second-order valence-corrected chi connectivity index (χ2v) is 7.97. The van der Waals surface area contributed by atoms with Gasteiger partial charge in [0.05, 0.1) is 12.0 Å². The summed E-state index contributed by atoms with van der Waals surface area (Å²) in [6.07, 6.45) is 3.10. The van der Waals surface area contributed by atoms with E-state index in [9.17, 15) is 19.6 Å². The second kappa shape index (κ2) is 10.1. The molecule has 2 saturated heterocycles. The molecule has 1 aromatic carbocycles. The number of benzene rings is 1. The molecule has 0 saturated carbocycles. The summed E-state index contributed by atoms with van der Waals surface area (Å²) in [5.41, 5.74) is 7.09. The highest BCUT2D eigenvalue weighted by Crippen LogP contribution is 2.25. The molecule has 2 unspecified atom stereocenters. The van der Waals surface area contributed by atoms with E-state index in [0.29, 0.717) is 32.5 Å². The van der Waals surface area contributed by atoms with Gasteiger partial charge in [0.15, 0.2) is 0 Å². The minimum Gasteiger partial charge on any atom is -0.445 e. The maximum atomic E-state index is 12.6. The van der Waals surface area contributed by atoms with E-state index in [2.05, 4.69) is 0 Å². The zero-order valence-electron chi connectivity index (χ0n) is 16.7. The molecule has 0 aromatic heterocycles. The van der Waals surface area contributed by atoms with Gasteiger partial charge in [0, 0.05) is 19.6 Å². The molecule has 2 fully saturated rings. The summed E-state index contributed by atoms with van der Waals surface area (Å²) < 4.78 is 5.38. The summed E-state index contributed by atoms with van der Waals surface area (Å²) in [5, 5.41) is 18.9. The van der Waals surface area contributed by atoms with Gasteiger partial charge in [-0.2, -0.15) is 0 Å². The van der Waals surface area contributed by atoms with Gasteiger partial charge in [0.2, 0.25) is 5.91 Å². The Bertz CT molecular complexity index is 682. The van der Waals surface area contributed by atoms with Crippen molar-refractivity contribution in [3.05, 3.63) is 35.9 Å². The highest BCUT2D eigenvalue weighted by Gasteiger charge is 2.39. The Labute approximate surface area is 171 Å². The zero-order chi connectivity index (χ0) is 20.8. The van der Waals surface area contributed by atoms with Crippen LogP contribution in [0, 0.1) is 5.92 Å². The number of nitrogens with two attached hydrogens (primary N) is 1. The van der Waals surface area contributed by atoms with Gasteiger partial charge < -0.3 is 30.3 Å². The van der Waals surface area contributed by atoms with Crippen LogP contribution in [0.4, 0.5) is 4.79 Å². The molecule has 158 valence electrons. The number of likely N-dealkylation sites (tertiary alicyclic amines) is 2. The number of nitrogens with zero attached hydrogens (tertiary/aromatic N) is 2. The van der Waals surface area contributed by atoms with E-state index in [-0.39, 0.29) is 24.5 Å². The summed E-state index contributed by atoms with van der Waals surface area (Å²) in [5.74, 6) is -0.521. The fourth-order valence-electron chi connectivity index (χ4n) is 4.21. The molecule has 0 aliphatic carbocycles. The zero-order valence-corrected chi connectivity index (χ0v) is 16.7. The van der Waals surface area contributed by atoms with E-state index in [4.69, 9.17) is 10.5 Å². The number of ether oxygens (including phenoxy) is 1. The van der Waals surface area contributed by atoms with Crippen molar-refractivity contribution >= 4 is 19.1 Å². The quantitative estimate of drug-likeness (QED) is 0.604. The van der Waals surface area contributed by atoms with Crippen LogP contribution in [0.15, 0.2) is 30.3 Å². The SMILES string of the molecule is NC(CC1CCN(C(=O)OCc2ccccc2)CC1)C(=O)N1CCCC1B(O)O. The van der Waals surface area contributed by atoms with Crippen molar-refractivity contribution in [1.82, 2.24) is 9.80 Å². The van der Waals surface area contributed by atoms with Crippen molar-refractivity contribution in [2.45, 2.75) is 50.7 Å². The normalized spacial score (nSPS) is 21.1. The number of carbonyl (C=O) groups excluding carboxylic acids is 2. The van der Waals surface area contributed by atoms with E-state index < -0.39 is 19.1 Å². The van der Waals surface area contributed by atoms with E-state index in [0.717, 1.165) is 24.8 Å². The maximum Gasteiger partial charge on any atom is 0.475 e. The van der Waals surface area contributed by atoms with Crippen molar-refractivity contribution in [2.75, 3.05) is 19.6 Å². The molecule has 2 aliphatic heterocycles. The van der Waals surface area contributed by atoms with Crippen LogP contribution in [0.2, 0.25) is 0 Å². The smallest absolute Gasteiger partial charge is 0.445 e. The van der Waals surface area contributed by atoms with E-state index in [1.165, 1.54) is 4.90 Å². The Morgan fingerprint density at radius 1 is 1.14 bits per heavy atom. The monoisotopic (exact) mass is 403 g/mol. The molecular formula is C20H30BN3O5. The van der Waals surface area contributed by atoms with Crippen molar-refractivity contribution in [1.29, 1.82) is 0 Å². The van der Waals surface area contributed by atoms with Gasteiger partial charge in [-0.3, -0.25) is 4.79 Å². The number of hydrogen-bond acceptors (Lipinski definition) is 6. The highest BCUT2D eigenvalue weighted by atomic mass is 16.6. The number of piperidine rings is 1. The Morgan fingerprint density at radius 3 is 2.48 bits per heavy atom. The third-order valence-corrected chi connectivity index (χ3v) is 5.91. The number of carbonyl (C=O) groups is 2. The molecule has 0 radical (unpaired) electrons. The standard InChI is InChI=1S/C20H30BN3O5/c22-17(19(25)24-10-4-7-18(24)21(27)28)13-15-8-11-23(12-9-15)20(26)29-14-16-5-2-1-3-6-16/h1-3,5-6,15,17-18,27-28H,4,7-14,22H2. The molecule has 2 amide bonds. The molecule has 29 heavy (non-hydrogen) atoms. The average molecular weight is 403 g/mol. The third-order valence-electron chi connectivity index (χ3n) is 5.91. The minimum absolute atomic E-state index is 0.217. The first-order valence-corrected chi connectivity index (χ1v) is 10.3. The highest BCUT2D eigenvalue weighted by molar-refractivity contribution is 6.43. The first-order valence-electron chi connectivity index (χ1n) is 10.3. The Balaban J connectivity index is 1.41. The minimum atomic E-state index is -1.53. The average Bonchev–Trinajstić information content (AvgIpc) is 3.23. The lowest BCUT2D eigenvalue weighted by Crippen LogP contribution is -2.52. The van der Waals surface area contributed by atoms with Gasteiger partial charge in [-0.15, -0.1) is 0 Å². The second-order valence-electron chi connectivity index (χ2n) is 7.97. The molecule has 0 bridgehead atoms. The topological polar surface area (TPSA) is 116 Å². The predicted octanol–water partition coefficient (Wildman–Crippen LogP) is 0.756. The summed E-state index contributed by atoms with van der Waals surface area (Å²) >= 11 is 0. The van der Waals surface area contributed by atoms with E-state index >= 15 is 0 Å². The number of hydrogen-bond donors (Lipinski definition) is 3. The molecule has 0 spiro atoms. The van der Waals surface area contributed by atoms with Crippen molar-refractivity contribution in [3.8, 4) is 0 Å². The predicted molar refractivity (Wildman–Crippen MR) is 108 cm³/mol. The largest absolute Gasteiger partial charge is 0.475 e. The summed E-state index contributed by atoms with van der Waals surface area (Å²) in [4.78, 5) is 28.1. The molecule has 9 heteroatoms. The lowest BCUT2D eigenvalue weighted by Gasteiger charge is -2.33. The van der Waals surface area contributed by atoms with Crippen LogP contribution in [0.5, 0.6) is 0 Å². The molecule has 2 aliphatic rings. The fraction of sp³-hybridized carbons (Fsp3) is 0.600. The van der Waals surface area contributed by atoms with Crippen molar-refractivity contribution in [2.24, 2.45) is 11.7 Å². The van der Waals surface area contributed by atoms with Crippen molar-refractivity contribution < 1.29 is 24.4 Å². The van der Waals surface area contributed by atoms with Crippen LogP contribution in [0.1, 0.15) is 37.7 Å². The molecule has 2 atom stereocenters. The van der Waals surface area contributed by atoms with Crippen LogP contribution in [-0.4, -0.2) is 70.6 Å². The van der Waals surface area contributed by atoms with Crippen LogP contribution in [0.25, 0.3) is 0 Å². The number of rotatable bonds is 6. The Kier molecular flexibility index (Phi) is 7.52. The first kappa shape index (κ1) is 21.6. The van der Waals surface area contributed by atoms with Crippen LogP contribution < -0.4 is 5.73 Å². The number of amides is 2. The van der Waals surface area contributed by atoms with Gasteiger partial charge in [0.1, 0.15) is 6.61 Å². The van der Waals surface area contributed by atoms with Gasteiger partial charge in [-0.05, 0) is 43.6 Å². The van der Waals surface area contributed by atoms with Gasteiger partial charge in [-0.1, -0.05) is 30.3 Å². The van der Waals surface area contributed by atoms with E-state index in [1.807, 2.05) is 30.3 Å².